The Morgan fingerprint density at radius 1 is 1.26 bits per heavy atom. The van der Waals surface area contributed by atoms with Crippen LogP contribution in [0.2, 0.25) is 5.02 Å². The summed E-state index contributed by atoms with van der Waals surface area (Å²) in [4.78, 5) is 11.8. The van der Waals surface area contributed by atoms with Crippen LogP contribution < -0.4 is 0 Å². The summed E-state index contributed by atoms with van der Waals surface area (Å²) in [6.45, 7) is 2.05. The molecule has 2 nitrogen and oxygen atoms in total. The van der Waals surface area contributed by atoms with Crippen molar-refractivity contribution in [2.24, 2.45) is 0 Å². The van der Waals surface area contributed by atoms with Crippen LogP contribution in [0.3, 0.4) is 0 Å². The maximum absolute atomic E-state index is 11.0. The molecule has 0 bridgehead atoms. The smallest absolute Gasteiger partial charge is 0.335 e. The minimum absolute atomic E-state index is 0.222. The van der Waals surface area contributed by atoms with Crippen LogP contribution in [-0.2, 0) is 5.75 Å². The molecule has 0 fully saturated rings. The summed E-state index contributed by atoms with van der Waals surface area (Å²) in [6.07, 6.45) is 0. The summed E-state index contributed by atoms with van der Waals surface area (Å²) in [7, 11) is 0. The predicted octanol–water partition coefficient (Wildman–Crippen LogP) is 4.64. The molecule has 0 aliphatic carbocycles. The van der Waals surface area contributed by atoms with E-state index in [4.69, 9.17) is 16.7 Å². The van der Waals surface area contributed by atoms with Crippen molar-refractivity contribution >= 4 is 29.3 Å². The second-order valence-electron chi connectivity index (χ2n) is 4.26. The molecule has 4 heteroatoms. The molecule has 2 aromatic carbocycles. The fourth-order valence-corrected chi connectivity index (χ4v) is 2.97. The van der Waals surface area contributed by atoms with Crippen LogP contribution in [0.15, 0.2) is 47.4 Å². The molecule has 0 amide bonds. The molecule has 0 radical (unpaired) electrons. The molecule has 0 saturated heterocycles. The lowest BCUT2D eigenvalue weighted by molar-refractivity contribution is 0.0696. The number of halogens is 1. The third-order valence-corrected chi connectivity index (χ3v) is 3.87. The number of hydrogen-bond acceptors (Lipinski definition) is 2. The molecule has 0 aromatic heterocycles. The van der Waals surface area contributed by atoms with Crippen molar-refractivity contribution < 1.29 is 9.90 Å². The summed E-state index contributed by atoms with van der Waals surface area (Å²) >= 11 is 7.50. The summed E-state index contributed by atoms with van der Waals surface area (Å²) in [5, 5.41) is 9.44. The Labute approximate surface area is 121 Å². The molecule has 19 heavy (non-hydrogen) atoms. The molecule has 2 rings (SSSR count). The molecule has 0 aliphatic heterocycles. The fraction of sp³-hybridized carbons (Fsp3) is 0.133. The lowest BCUT2D eigenvalue weighted by atomic mass is 10.2. The Kier molecular flexibility index (Phi) is 4.51. The Balaban J connectivity index is 2.13. The first-order valence-electron chi connectivity index (χ1n) is 5.77. The number of aryl methyl sites for hydroxylation is 1. The molecule has 0 atom stereocenters. The normalized spacial score (nSPS) is 10.4. The highest BCUT2D eigenvalue weighted by Gasteiger charge is 2.07. The second-order valence-corrected chi connectivity index (χ2v) is 5.74. The van der Waals surface area contributed by atoms with Gasteiger partial charge in [0, 0.05) is 15.7 Å². The van der Waals surface area contributed by atoms with E-state index in [-0.39, 0.29) is 5.56 Å². The molecule has 0 saturated carbocycles. The van der Waals surface area contributed by atoms with Crippen LogP contribution in [0.1, 0.15) is 21.5 Å². The van der Waals surface area contributed by atoms with Gasteiger partial charge in [-0.15, -0.1) is 11.8 Å². The maximum Gasteiger partial charge on any atom is 0.335 e. The number of carbonyl (C=O) groups is 1. The molecule has 1 N–H and O–H groups in total. The zero-order valence-corrected chi connectivity index (χ0v) is 12.0. The topological polar surface area (TPSA) is 37.3 Å². The number of aromatic carboxylic acids is 1. The van der Waals surface area contributed by atoms with Gasteiger partial charge in [-0.05, 0) is 30.7 Å². The predicted molar refractivity (Wildman–Crippen MR) is 79.2 cm³/mol. The molecule has 0 aliphatic rings. The lowest BCUT2D eigenvalue weighted by Crippen LogP contribution is -1.96. The van der Waals surface area contributed by atoms with E-state index in [2.05, 4.69) is 25.1 Å². The summed E-state index contributed by atoms with van der Waals surface area (Å²) in [5.74, 6) is -0.166. The summed E-state index contributed by atoms with van der Waals surface area (Å²) in [6, 6.07) is 13.1. The quantitative estimate of drug-likeness (QED) is 0.834. The van der Waals surface area contributed by atoms with Gasteiger partial charge in [0.1, 0.15) is 0 Å². The van der Waals surface area contributed by atoms with Crippen LogP contribution in [0.4, 0.5) is 0 Å². The van der Waals surface area contributed by atoms with E-state index in [1.165, 1.54) is 17.2 Å². The zero-order chi connectivity index (χ0) is 13.8. The van der Waals surface area contributed by atoms with Crippen molar-refractivity contribution in [1.82, 2.24) is 0 Å². The first kappa shape index (κ1) is 14.0. The van der Waals surface area contributed by atoms with Gasteiger partial charge in [-0.1, -0.05) is 41.4 Å². The number of carboxylic acids is 1. The lowest BCUT2D eigenvalue weighted by Gasteiger charge is -2.05. The second kappa shape index (κ2) is 6.13. The van der Waals surface area contributed by atoms with Crippen molar-refractivity contribution in [2.45, 2.75) is 17.6 Å². The van der Waals surface area contributed by atoms with Crippen molar-refractivity contribution in [1.29, 1.82) is 0 Å². The van der Waals surface area contributed by atoms with Crippen molar-refractivity contribution in [3.63, 3.8) is 0 Å². The van der Waals surface area contributed by atoms with Gasteiger partial charge in [0.05, 0.1) is 5.56 Å². The Morgan fingerprint density at radius 2 is 2.05 bits per heavy atom. The van der Waals surface area contributed by atoms with Gasteiger partial charge in [0.15, 0.2) is 0 Å². The van der Waals surface area contributed by atoms with Crippen molar-refractivity contribution in [3.05, 3.63) is 64.2 Å². The van der Waals surface area contributed by atoms with Gasteiger partial charge in [-0.2, -0.15) is 0 Å². The van der Waals surface area contributed by atoms with Gasteiger partial charge < -0.3 is 5.11 Å². The zero-order valence-electron chi connectivity index (χ0n) is 10.4. The van der Waals surface area contributed by atoms with Crippen LogP contribution in [-0.4, -0.2) is 11.1 Å². The minimum atomic E-state index is -0.958. The van der Waals surface area contributed by atoms with E-state index in [1.807, 2.05) is 6.07 Å². The van der Waals surface area contributed by atoms with E-state index in [0.29, 0.717) is 5.02 Å². The average molecular weight is 293 g/mol. The first-order valence-corrected chi connectivity index (χ1v) is 7.13. The molecular weight excluding hydrogens is 280 g/mol. The maximum atomic E-state index is 11.0. The third-order valence-electron chi connectivity index (χ3n) is 2.61. The van der Waals surface area contributed by atoms with E-state index < -0.39 is 5.97 Å². The summed E-state index contributed by atoms with van der Waals surface area (Å²) in [5.41, 5.74) is 2.65. The van der Waals surface area contributed by atoms with Crippen LogP contribution >= 0.6 is 23.4 Å². The highest BCUT2D eigenvalue weighted by molar-refractivity contribution is 7.98. The van der Waals surface area contributed by atoms with Crippen LogP contribution in [0.25, 0.3) is 0 Å². The molecule has 0 heterocycles. The van der Waals surface area contributed by atoms with E-state index >= 15 is 0 Å². The van der Waals surface area contributed by atoms with E-state index in [9.17, 15) is 4.79 Å². The molecule has 0 spiro atoms. The highest BCUT2D eigenvalue weighted by atomic mass is 35.5. The molecular formula is C15H13ClO2S. The van der Waals surface area contributed by atoms with E-state index in [0.717, 1.165) is 10.6 Å². The molecule has 98 valence electrons. The highest BCUT2D eigenvalue weighted by Crippen LogP contribution is 2.27. The van der Waals surface area contributed by atoms with Gasteiger partial charge in [-0.25, -0.2) is 4.79 Å². The number of thioether (sulfide) groups is 1. The fourth-order valence-electron chi connectivity index (χ4n) is 1.74. The number of rotatable bonds is 4. The van der Waals surface area contributed by atoms with Crippen molar-refractivity contribution in [2.75, 3.05) is 0 Å². The minimum Gasteiger partial charge on any atom is -0.478 e. The number of benzene rings is 2. The first-order chi connectivity index (χ1) is 9.04. The van der Waals surface area contributed by atoms with Crippen molar-refractivity contribution in [3.8, 4) is 0 Å². The molecule has 2 aromatic rings. The van der Waals surface area contributed by atoms with Gasteiger partial charge in [0.25, 0.3) is 0 Å². The van der Waals surface area contributed by atoms with Gasteiger partial charge in [-0.3, -0.25) is 0 Å². The summed E-state index contributed by atoms with van der Waals surface area (Å²) < 4.78 is 0. The van der Waals surface area contributed by atoms with Gasteiger partial charge >= 0.3 is 5.97 Å². The third kappa shape index (κ3) is 4.01. The Bertz CT molecular complexity index is 611. The largest absolute Gasteiger partial charge is 0.478 e. The van der Waals surface area contributed by atoms with E-state index in [1.54, 1.807) is 23.9 Å². The number of carboxylic acid groups (broad SMARTS) is 1. The molecule has 0 unspecified atom stereocenters. The Morgan fingerprint density at radius 3 is 2.74 bits per heavy atom. The van der Waals surface area contributed by atoms with Gasteiger partial charge in [0.2, 0.25) is 0 Å². The standard InChI is InChI=1S/C15H13ClO2S/c1-10-3-2-4-11(5-10)9-19-14-7-12(15(17)18)6-13(16)8-14/h2-8H,9H2,1H3,(H,17,18). The number of hydrogen-bond donors (Lipinski definition) is 1. The SMILES string of the molecule is Cc1cccc(CSc2cc(Cl)cc(C(=O)O)c2)c1. The monoisotopic (exact) mass is 292 g/mol. The average Bonchev–Trinajstić information content (AvgIpc) is 2.36. The Hall–Kier alpha value is -1.45. The van der Waals surface area contributed by atoms with Crippen LogP contribution in [0, 0.1) is 6.92 Å². The van der Waals surface area contributed by atoms with Crippen LogP contribution in [0.5, 0.6) is 0 Å².